The molecule has 2 unspecified atom stereocenters. The summed E-state index contributed by atoms with van der Waals surface area (Å²) in [4.78, 5) is 12.1. The fourth-order valence-corrected chi connectivity index (χ4v) is 2.41. The Morgan fingerprint density at radius 2 is 2.00 bits per heavy atom. The Kier molecular flexibility index (Phi) is 3.79. The third kappa shape index (κ3) is 2.86. The smallest absolute Gasteiger partial charge is 0.251 e. The predicted molar refractivity (Wildman–Crippen MR) is 68.9 cm³/mol. The van der Waals surface area contributed by atoms with Crippen molar-refractivity contribution in [2.24, 2.45) is 5.73 Å². The lowest BCUT2D eigenvalue weighted by atomic mass is 9.90. The van der Waals surface area contributed by atoms with Crippen molar-refractivity contribution < 1.29 is 4.79 Å². The maximum atomic E-state index is 12.1. The quantitative estimate of drug-likeness (QED) is 0.819. The molecule has 1 aromatic rings. The van der Waals surface area contributed by atoms with Gasteiger partial charge in [0, 0.05) is 17.6 Å². The summed E-state index contributed by atoms with van der Waals surface area (Å²) in [5.41, 5.74) is 7.79. The molecule has 3 heteroatoms. The van der Waals surface area contributed by atoms with Crippen LogP contribution in [0.25, 0.3) is 0 Å². The summed E-state index contributed by atoms with van der Waals surface area (Å²) >= 11 is 0. The monoisotopic (exact) mass is 232 g/mol. The van der Waals surface area contributed by atoms with Gasteiger partial charge < -0.3 is 11.1 Å². The number of carbonyl (C=O) groups is 1. The molecule has 0 heterocycles. The largest absolute Gasteiger partial charge is 0.348 e. The van der Waals surface area contributed by atoms with Gasteiger partial charge in [0.15, 0.2) is 0 Å². The van der Waals surface area contributed by atoms with E-state index < -0.39 is 0 Å². The lowest BCUT2D eigenvalue weighted by molar-refractivity contribution is 0.0920. The fourth-order valence-electron chi connectivity index (χ4n) is 2.41. The van der Waals surface area contributed by atoms with Gasteiger partial charge in [-0.2, -0.15) is 0 Å². The Labute approximate surface area is 102 Å². The minimum Gasteiger partial charge on any atom is -0.348 e. The Morgan fingerprint density at radius 1 is 1.29 bits per heavy atom. The number of hydrogen-bond donors (Lipinski definition) is 2. The summed E-state index contributed by atoms with van der Waals surface area (Å²) in [6.45, 7) is 1.95. The van der Waals surface area contributed by atoms with Crippen molar-refractivity contribution in [3.8, 4) is 0 Å². The Balaban J connectivity index is 2.04. The van der Waals surface area contributed by atoms with Crippen LogP contribution in [0.2, 0.25) is 0 Å². The molecular formula is C14H20N2O. The van der Waals surface area contributed by atoms with E-state index in [1.165, 1.54) is 6.42 Å². The molecule has 0 saturated heterocycles. The lowest BCUT2D eigenvalue weighted by Gasteiger charge is -2.29. The molecule has 92 valence electrons. The van der Waals surface area contributed by atoms with Crippen LogP contribution in [0.5, 0.6) is 0 Å². The molecular weight excluding hydrogens is 212 g/mol. The third-order valence-corrected chi connectivity index (χ3v) is 3.53. The molecule has 17 heavy (non-hydrogen) atoms. The number of benzene rings is 1. The van der Waals surface area contributed by atoms with Gasteiger partial charge in [-0.05, 0) is 31.4 Å². The fraction of sp³-hybridized carbons (Fsp3) is 0.500. The minimum absolute atomic E-state index is 0.00505. The number of nitrogens with one attached hydrogen (secondary N) is 1. The summed E-state index contributed by atoms with van der Waals surface area (Å²) in [5.74, 6) is 0.00505. The molecule has 1 saturated carbocycles. The molecule has 2 atom stereocenters. The van der Waals surface area contributed by atoms with E-state index in [2.05, 4.69) is 5.32 Å². The Morgan fingerprint density at radius 3 is 2.71 bits per heavy atom. The van der Waals surface area contributed by atoms with Crippen LogP contribution < -0.4 is 11.1 Å². The Hall–Kier alpha value is -1.35. The van der Waals surface area contributed by atoms with Crippen LogP contribution in [-0.4, -0.2) is 18.0 Å². The zero-order chi connectivity index (χ0) is 12.3. The number of carbonyl (C=O) groups excluding carboxylic acids is 1. The number of amides is 1. The maximum Gasteiger partial charge on any atom is 0.251 e. The van der Waals surface area contributed by atoms with Crippen molar-refractivity contribution in [2.45, 2.75) is 44.7 Å². The van der Waals surface area contributed by atoms with Gasteiger partial charge in [-0.3, -0.25) is 4.79 Å². The molecule has 0 aliphatic heterocycles. The van der Waals surface area contributed by atoms with Crippen LogP contribution in [0.3, 0.4) is 0 Å². The third-order valence-electron chi connectivity index (χ3n) is 3.53. The summed E-state index contributed by atoms with van der Waals surface area (Å²) < 4.78 is 0. The van der Waals surface area contributed by atoms with E-state index in [4.69, 9.17) is 5.73 Å². The number of aryl methyl sites for hydroxylation is 1. The van der Waals surface area contributed by atoms with Gasteiger partial charge in [0.1, 0.15) is 0 Å². The molecule has 1 aliphatic carbocycles. The second kappa shape index (κ2) is 5.32. The summed E-state index contributed by atoms with van der Waals surface area (Å²) in [5, 5.41) is 3.06. The molecule has 0 radical (unpaired) electrons. The summed E-state index contributed by atoms with van der Waals surface area (Å²) in [6.07, 6.45) is 4.35. The second-order valence-corrected chi connectivity index (χ2v) is 4.84. The van der Waals surface area contributed by atoms with Crippen LogP contribution in [0.15, 0.2) is 24.3 Å². The van der Waals surface area contributed by atoms with Gasteiger partial charge in [-0.15, -0.1) is 0 Å². The van der Waals surface area contributed by atoms with Gasteiger partial charge in [0.2, 0.25) is 0 Å². The molecule has 0 spiro atoms. The molecule has 1 fully saturated rings. The highest BCUT2D eigenvalue weighted by Crippen LogP contribution is 2.17. The first-order chi connectivity index (χ1) is 8.18. The maximum absolute atomic E-state index is 12.1. The Bertz CT molecular complexity index is 403. The van der Waals surface area contributed by atoms with Crippen LogP contribution in [0.1, 0.15) is 41.6 Å². The van der Waals surface area contributed by atoms with Crippen molar-refractivity contribution in [2.75, 3.05) is 0 Å². The van der Waals surface area contributed by atoms with E-state index in [0.717, 1.165) is 30.4 Å². The molecule has 2 rings (SSSR count). The van der Waals surface area contributed by atoms with Gasteiger partial charge >= 0.3 is 0 Å². The number of rotatable bonds is 2. The normalized spacial score (nSPS) is 24.4. The van der Waals surface area contributed by atoms with E-state index in [1.54, 1.807) is 0 Å². The number of hydrogen-bond acceptors (Lipinski definition) is 2. The zero-order valence-corrected chi connectivity index (χ0v) is 10.3. The van der Waals surface area contributed by atoms with Crippen LogP contribution in [0.4, 0.5) is 0 Å². The first-order valence-corrected chi connectivity index (χ1v) is 6.30. The van der Waals surface area contributed by atoms with Crippen molar-refractivity contribution in [1.82, 2.24) is 5.32 Å². The van der Waals surface area contributed by atoms with Crippen LogP contribution >= 0.6 is 0 Å². The van der Waals surface area contributed by atoms with Gasteiger partial charge in [-0.25, -0.2) is 0 Å². The molecule has 0 bridgehead atoms. The van der Waals surface area contributed by atoms with Crippen molar-refractivity contribution in [3.63, 3.8) is 0 Å². The SMILES string of the molecule is Cc1ccccc1C(=O)NC1CCCCC1N. The standard InChI is InChI=1S/C14H20N2O/c1-10-6-2-3-7-11(10)14(17)16-13-9-5-4-8-12(13)15/h2-3,6-7,12-13H,4-5,8-9,15H2,1H3,(H,16,17). The van der Waals surface area contributed by atoms with E-state index >= 15 is 0 Å². The predicted octanol–water partition coefficient (Wildman–Crippen LogP) is 1.99. The minimum atomic E-state index is 0.00505. The first kappa shape index (κ1) is 12.1. The van der Waals surface area contributed by atoms with E-state index in [9.17, 15) is 4.79 Å². The highest BCUT2D eigenvalue weighted by molar-refractivity contribution is 5.95. The van der Waals surface area contributed by atoms with E-state index in [1.807, 2.05) is 31.2 Å². The zero-order valence-electron chi connectivity index (χ0n) is 10.3. The van der Waals surface area contributed by atoms with Crippen molar-refractivity contribution >= 4 is 5.91 Å². The number of nitrogens with two attached hydrogens (primary N) is 1. The molecule has 0 aromatic heterocycles. The van der Waals surface area contributed by atoms with Crippen LogP contribution in [-0.2, 0) is 0 Å². The average Bonchev–Trinajstić information content (AvgIpc) is 2.32. The second-order valence-electron chi connectivity index (χ2n) is 4.84. The van der Waals surface area contributed by atoms with Gasteiger partial charge in [-0.1, -0.05) is 31.0 Å². The summed E-state index contributed by atoms with van der Waals surface area (Å²) in [7, 11) is 0. The summed E-state index contributed by atoms with van der Waals surface area (Å²) in [6, 6.07) is 7.89. The topological polar surface area (TPSA) is 55.1 Å². The lowest BCUT2D eigenvalue weighted by Crippen LogP contribution is -2.49. The van der Waals surface area contributed by atoms with Gasteiger partial charge in [0.25, 0.3) is 5.91 Å². The molecule has 1 amide bonds. The molecule has 3 nitrogen and oxygen atoms in total. The highest BCUT2D eigenvalue weighted by Gasteiger charge is 2.23. The van der Waals surface area contributed by atoms with Crippen molar-refractivity contribution in [1.29, 1.82) is 0 Å². The van der Waals surface area contributed by atoms with Crippen molar-refractivity contribution in [3.05, 3.63) is 35.4 Å². The van der Waals surface area contributed by atoms with Gasteiger partial charge in [0.05, 0.1) is 0 Å². The molecule has 3 N–H and O–H groups in total. The first-order valence-electron chi connectivity index (χ1n) is 6.30. The van der Waals surface area contributed by atoms with E-state index in [-0.39, 0.29) is 18.0 Å². The highest BCUT2D eigenvalue weighted by atomic mass is 16.1. The molecule has 1 aromatic carbocycles. The average molecular weight is 232 g/mol. The molecule has 1 aliphatic rings. The van der Waals surface area contributed by atoms with E-state index in [0.29, 0.717) is 0 Å². The van der Waals surface area contributed by atoms with Crippen LogP contribution in [0, 0.1) is 6.92 Å².